The van der Waals surface area contributed by atoms with Gasteiger partial charge in [-0.1, -0.05) is 44.6 Å². The first-order valence-corrected chi connectivity index (χ1v) is 11.8. The van der Waals surface area contributed by atoms with Gasteiger partial charge in [-0.15, -0.1) is 4.52 Å². The van der Waals surface area contributed by atoms with Crippen molar-refractivity contribution in [2.45, 2.75) is 75.9 Å². The van der Waals surface area contributed by atoms with Crippen molar-refractivity contribution in [2.24, 2.45) is 11.7 Å². The smallest absolute Gasteiger partial charge is 0.493 e. The predicted octanol–water partition coefficient (Wildman–Crippen LogP) is 5.41. The molecule has 1 fully saturated rings. The lowest BCUT2D eigenvalue weighted by Crippen LogP contribution is -2.47. The summed E-state index contributed by atoms with van der Waals surface area (Å²) >= 11 is 0. The number of aryl methyl sites for hydroxylation is 1. The number of ether oxygens (including phenoxy) is 1. The molecule has 0 aromatic heterocycles. The molecule has 1 aliphatic carbocycles. The van der Waals surface area contributed by atoms with Crippen LogP contribution in [0.15, 0.2) is 18.2 Å². The first-order chi connectivity index (χ1) is 14.8. The van der Waals surface area contributed by atoms with E-state index in [0.29, 0.717) is 5.56 Å². The number of nitrogens with two attached hydrogens (primary N) is 1. The van der Waals surface area contributed by atoms with Gasteiger partial charge in [0.2, 0.25) is 0 Å². The maximum atomic E-state index is 13.6. The Hall–Kier alpha value is -1.21. The summed E-state index contributed by atoms with van der Waals surface area (Å²) in [5.74, 6) is 0.595. The number of hydrogen-bond acceptors (Lipinski definition) is 5. The Morgan fingerprint density at radius 2 is 1.90 bits per heavy atom. The highest BCUT2D eigenvalue weighted by atomic mass is 31.1. The third kappa shape index (κ3) is 9.05. The van der Waals surface area contributed by atoms with Crippen molar-refractivity contribution in [3.8, 4) is 5.75 Å². The van der Waals surface area contributed by atoms with Gasteiger partial charge in [-0.3, -0.25) is 0 Å². The summed E-state index contributed by atoms with van der Waals surface area (Å²) in [6.07, 6.45) is 5.13. The van der Waals surface area contributed by atoms with Crippen LogP contribution in [-0.2, 0) is 21.7 Å². The summed E-state index contributed by atoms with van der Waals surface area (Å²) < 4.78 is 61.4. The van der Waals surface area contributed by atoms with Crippen LogP contribution in [0, 0.1) is 5.92 Å². The second-order valence-corrected chi connectivity index (χ2v) is 9.02. The van der Waals surface area contributed by atoms with E-state index in [1.807, 2.05) is 0 Å². The molecule has 1 aromatic rings. The van der Waals surface area contributed by atoms with E-state index in [1.54, 1.807) is 6.07 Å². The lowest BCUT2D eigenvalue weighted by atomic mass is 9.86. The van der Waals surface area contributed by atoms with Gasteiger partial charge >= 0.3 is 14.9 Å². The zero-order chi connectivity index (χ0) is 22.7. The largest absolute Gasteiger partial charge is 0.494 e. The fourth-order valence-electron chi connectivity index (χ4n) is 4.04. The van der Waals surface area contributed by atoms with Crippen LogP contribution in [0.1, 0.15) is 68.9 Å². The number of halogens is 3. The van der Waals surface area contributed by atoms with E-state index >= 15 is 0 Å². The number of alkyl halides is 3. The second-order valence-electron chi connectivity index (χ2n) is 8.57. The molecule has 0 bridgehead atoms. The molecule has 31 heavy (non-hydrogen) atoms. The van der Waals surface area contributed by atoms with E-state index in [4.69, 9.17) is 15.0 Å². The Morgan fingerprint density at radius 3 is 2.55 bits per heavy atom. The molecular formula is C22H34F3NO4P+. The normalized spacial score (nSPS) is 17.6. The summed E-state index contributed by atoms with van der Waals surface area (Å²) in [4.78, 5) is 0. The van der Waals surface area contributed by atoms with E-state index in [-0.39, 0.29) is 31.8 Å². The summed E-state index contributed by atoms with van der Waals surface area (Å²) in [5.41, 5.74) is 4.44. The molecule has 0 saturated heterocycles. The van der Waals surface area contributed by atoms with Crippen LogP contribution in [0.2, 0.25) is 0 Å². The SMILES string of the molecule is NC(CO)(CCc1ccc(OCCCCC2CCCCC2)c(C(F)(F)F)c1)CO[PH+]=O. The number of rotatable bonds is 13. The minimum absolute atomic E-state index is 0.139. The maximum absolute atomic E-state index is 13.6. The van der Waals surface area contributed by atoms with Crippen LogP contribution in [0.25, 0.3) is 0 Å². The molecule has 0 heterocycles. The van der Waals surface area contributed by atoms with Gasteiger partial charge in [0.25, 0.3) is 0 Å². The first kappa shape index (κ1) is 26.0. The minimum Gasteiger partial charge on any atom is -0.493 e. The Bertz CT molecular complexity index is 683. The summed E-state index contributed by atoms with van der Waals surface area (Å²) in [7, 11) is -1.01. The molecule has 1 aromatic carbocycles. The highest BCUT2D eigenvalue weighted by Gasteiger charge is 2.35. The first-order valence-electron chi connectivity index (χ1n) is 11.0. The van der Waals surface area contributed by atoms with Crippen molar-refractivity contribution in [3.05, 3.63) is 29.3 Å². The van der Waals surface area contributed by atoms with Crippen LogP contribution in [0.5, 0.6) is 5.75 Å². The van der Waals surface area contributed by atoms with Crippen molar-refractivity contribution < 1.29 is 32.1 Å². The molecule has 2 unspecified atom stereocenters. The minimum atomic E-state index is -4.53. The number of aliphatic hydroxyl groups excluding tert-OH is 1. The van der Waals surface area contributed by atoms with E-state index < -0.39 is 32.6 Å². The standard InChI is InChI=1S/C22H34F3NO4P/c23-22(24,25)19-14-18(11-12-21(26,15-27)16-30-31-28)9-10-20(19)29-13-5-4-8-17-6-2-1-3-7-17/h9-10,14,17,27,31H,1-8,11-13,15-16,26H2/q+1. The van der Waals surface area contributed by atoms with Crippen molar-refractivity contribution in [1.82, 2.24) is 0 Å². The molecule has 0 aliphatic heterocycles. The molecule has 2 rings (SSSR count). The Morgan fingerprint density at radius 1 is 1.16 bits per heavy atom. The van der Waals surface area contributed by atoms with Gasteiger partial charge in [-0.2, -0.15) is 13.2 Å². The second kappa shape index (κ2) is 12.7. The van der Waals surface area contributed by atoms with E-state index in [1.165, 1.54) is 38.2 Å². The Kier molecular flexibility index (Phi) is 10.7. The number of aliphatic hydroxyl groups is 1. The fraction of sp³-hybridized carbons (Fsp3) is 0.727. The van der Waals surface area contributed by atoms with Gasteiger partial charge in [0.15, 0.2) is 0 Å². The van der Waals surface area contributed by atoms with E-state index in [0.717, 1.165) is 31.2 Å². The van der Waals surface area contributed by atoms with Gasteiger partial charge < -0.3 is 15.6 Å². The molecule has 176 valence electrons. The zero-order valence-corrected chi connectivity index (χ0v) is 18.9. The molecule has 0 radical (unpaired) electrons. The van der Waals surface area contributed by atoms with Crippen LogP contribution >= 0.6 is 8.69 Å². The number of unbranched alkanes of at least 4 members (excludes halogenated alkanes) is 1. The molecule has 0 amide bonds. The lowest BCUT2D eigenvalue weighted by molar-refractivity contribution is -0.139. The highest BCUT2D eigenvalue weighted by Crippen LogP contribution is 2.37. The predicted molar refractivity (Wildman–Crippen MR) is 115 cm³/mol. The number of hydrogen-bond donors (Lipinski definition) is 2. The maximum Gasteiger partial charge on any atom is 0.494 e. The molecule has 0 spiro atoms. The average molecular weight is 464 g/mol. The molecule has 2 atom stereocenters. The topological polar surface area (TPSA) is 81.8 Å². The van der Waals surface area contributed by atoms with E-state index in [9.17, 15) is 22.8 Å². The third-order valence-corrected chi connectivity index (χ3v) is 6.25. The van der Waals surface area contributed by atoms with Crippen molar-refractivity contribution in [1.29, 1.82) is 0 Å². The van der Waals surface area contributed by atoms with Crippen LogP contribution in [-0.4, -0.2) is 30.5 Å². The highest BCUT2D eigenvalue weighted by molar-refractivity contribution is 7.17. The zero-order valence-electron chi connectivity index (χ0n) is 17.9. The van der Waals surface area contributed by atoms with Gasteiger partial charge in [-0.25, -0.2) is 0 Å². The summed E-state index contributed by atoms with van der Waals surface area (Å²) in [6.45, 7) is -0.301. The van der Waals surface area contributed by atoms with Crippen molar-refractivity contribution in [3.63, 3.8) is 0 Å². The summed E-state index contributed by atoms with van der Waals surface area (Å²) in [6, 6.07) is 4.01. The van der Waals surface area contributed by atoms with Crippen molar-refractivity contribution >= 4 is 8.69 Å². The number of benzene rings is 1. The van der Waals surface area contributed by atoms with Crippen LogP contribution in [0.4, 0.5) is 13.2 Å². The van der Waals surface area contributed by atoms with Gasteiger partial charge in [0, 0.05) is 0 Å². The third-order valence-electron chi connectivity index (χ3n) is 5.98. The fourth-order valence-corrected chi connectivity index (χ4v) is 4.38. The molecule has 1 aliphatic rings. The quantitative estimate of drug-likeness (QED) is 0.301. The Labute approximate surface area is 183 Å². The van der Waals surface area contributed by atoms with E-state index in [2.05, 4.69) is 0 Å². The molecule has 1 saturated carbocycles. The lowest BCUT2D eigenvalue weighted by Gasteiger charge is -2.24. The monoisotopic (exact) mass is 464 g/mol. The van der Waals surface area contributed by atoms with Gasteiger partial charge in [-0.05, 0) is 53.9 Å². The van der Waals surface area contributed by atoms with Crippen LogP contribution in [0.3, 0.4) is 0 Å². The molecule has 3 N–H and O–H groups in total. The van der Waals surface area contributed by atoms with Crippen molar-refractivity contribution in [2.75, 3.05) is 19.8 Å². The molecule has 5 nitrogen and oxygen atoms in total. The molecular weight excluding hydrogens is 430 g/mol. The Balaban J connectivity index is 1.90. The summed E-state index contributed by atoms with van der Waals surface area (Å²) in [5, 5.41) is 9.44. The average Bonchev–Trinajstić information content (AvgIpc) is 2.76. The molecule has 9 heteroatoms. The van der Waals surface area contributed by atoms with Gasteiger partial charge in [0.05, 0.1) is 24.3 Å². The van der Waals surface area contributed by atoms with Gasteiger partial charge in [0.1, 0.15) is 12.4 Å². The van der Waals surface area contributed by atoms with Crippen LogP contribution < -0.4 is 10.5 Å².